The van der Waals surface area contributed by atoms with Crippen LogP contribution >= 0.6 is 0 Å². The van der Waals surface area contributed by atoms with Gasteiger partial charge in [-0.25, -0.2) is 0 Å². The van der Waals surface area contributed by atoms with E-state index < -0.39 is 40.9 Å². The zero-order valence-electron chi connectivity index (χ0n) is 19.2. The molecule has 0 aromatic carbocycles. The summed E-state index contributed by atoms with van der Waals surface area (Å²) in [5.41, 5.74) is -0.261. The van der Waals surface area contributed by atoms with Crippen LogP contribution in [0.3, 0.4) is 0 Å². The lowest BCUT2D eigenvalue weighted by Crippen LogP contribution is -2.53. The molecule has 0 aromatic rings. The summed E-state index contributed by atoms with van der Waals surface area (Å²) < 4.78 is 10.6. The lowest BCUT2D eigenvalue weighted by Gasteiger charge is -2.56. The first-order valence-corrected chi connectivity index (χ1v) is 10.9. The van der Waals surface area contributed by atoms with Gasteiger partial charge in [0.05, 0.1) is 12.2 Å². The van der Waals surface area contributed by atoms with Crippen LogP contribution in [-0.4, -0.2) is 41.3 Å². The maximum atomic E-state index is 13.5. The van der Waals surface area contributed by atoms with Crippen LogP contribution in [0.25, 0.3) is 0 Å². The van der Waals surface area contributed by atoms with Gasteiger partial charge in [0, 0.05) is 36.3 Å². The third-order valence-electron chi connectivity index (χ3n) is 7.37. The number of ketones is 2. The predicted molar refractivity (Wildman–Crippen MR) is 112 cm³/mol. The van der Waals surface area contributed by atoms with E-state index >= 15 is 0 Å². The number of fused-ring (bicyclic) bond motifs is 2. The largest absolute Gasteiger partial charge is 0.507 e. The Balaban J connectivity index is 2.21. The van der Waals surface area contributed by atoms with Gasteiger partial charge in [0.2, 0.25) is 11.6 Å². The summed E-state index contributed by atoms with van der Waals surface area (Å²) in [5.74, 6) is -3.43. The van der Waals surface area contributed by atoms with Crippen molar-refractivity contribution in [2.45, 2.75) is 73.3 Å². The van der Waals surface area contributed by atoms with Crippen molar-refractivity contribution in [2.75, 3.05) is 6.61 Å². The fourth-order valence-electron chi connectivity index (χ4n) is 6.03. The second-order valence-electron chi connectivity index (χ2n) is 10.1. The maximum absolute atomic E-state index is 13.5. The number of hydrogen-bond donors (Lipinski definition) is 1. The molecule has 0 unspecified atom stereocenters. The normalized spacial score (nSPS) is 31.0. The SMILES string of the molecule is CC(=O)OC[C@H](C)C1=C(O)C2=C(C(=O)C1=O)[C@@]1(C)CCCC(C)(C)[C@@H]1C[C@H]2OC(C)=O. The molecule has 0 aliphatic heterocycles. The van der Waals surface area contributed by atoms with Crippen molar-refractivity contribution in [3.63, 3.8) is 0 Å². The summed E-state index contributed by atoms with van der Waals surface area (Å²) >= 11 is 0. The van der Waals surface area contributed by atoms with Crippen molar-refractivity contribution in [3.8, 4) is 0 Å². The third-order valence-corrected chi connectivity index (χ3v) is 7.37. The molecular formula is C24H32O7. The minimum atomic E-state index is -0.809. The molecule has 170 valence electrons. The molecule has 0 heterocycles. The second kappa shape index (κ2) is 7.92. The molecule has 3 aliphatic carbocycles. The van der Waals surface area contributed by atoms with E-state index in [0.717, 1.165) is 19.3 Å². The molecule has 4 atom stereocenters. The average Bonchev–Trinajstić information content (AvgIpc) is 2.64. The van der Waals surface area contributed by atoms with Crippen molar-refractivity contribution in [1.29, 1.82) is 0 Å². The molecule has 3 rings (SSSR count). The number of aliphatic hydroxyl groups excluding tert-OH is 1. The van der Waals surface area contributed by atoms with Crippen LogP contribution in [0.4, 0.5) is 0 Å². The number of Topliss-reactive ketones (excluding diaryl/α,β-unsaturated/α-hetero) is 2. The van der Waals surface area contributed by atoms with Gasteiger partial charge in [-0.2, -0.15) is 0 Å². The summed E-state index contributed by atoms with van der Waals surface area (Å²) in [6.45, 7) is 10.3. The number of allylic oxidation sites excluding steroid dienone is 1. The van der Waals surface area contributed by atoms with E-state index in [4.69, 9.17) is 9.47 Å². The Hall–Kier alpha value is -2.44. The van der Waals surface area contributed by atoms with Gasteiger partial charge in [0.25, 0.3) is 0 Å². The molecule has 7 nitrogen and oxygen atoms in total. The maximum Gasteiger partial charge on any atom is 0.303 e. The number of aliphatic hydroxyl groups is 1. The van der Waals surface area contributed by atoms with Gasteiger partial charge in [-0.3, -0.25) is 19.2 Å². The zero-order valence-corrected chi connectivity index (χ0v) is 19.2. The molecule has 0 saturated heterocycles. The van der Waals surface area contributed by atoms with E-state index in [9.17, 15) is 24.3 Å². The average molecular weight is 433 g/mol. The van der Waals surface area contributed by atoms with Crippen molar-refractivity contribution >= 4 is 23.5 Å². The Labute approximate surface area is 182 Å². The molecule has 0 aromatic heterocycles. The molecule has 3 aliphatic rings. The van der Waals surface area contributed by atoms with Gasteiger partial charge in [0.1, 0.15) is 11.9 Å². The van der Waals surface area contributed by atoms with Crippen LogP contribution in [0.1, 0.15) is 67.2 Å². The van der Waals surface area contributed by atoms with Crippen LogP contribution in [0.2, 0.25) is 0 Å². The number of rotatable bonds is 4. The molecule has 7 heteroatoms. The Bertz CT molecular complexity index is 907. The summed E-state index contributed by atoms with van der Waals surface area (Å²) in [5, 5.41) is 11.2. The molecule has 31 heavy (non-hydrogen) atoms. The first kappa shape index (κ1) is 23.2. The molecule has 0 bridgehead atoms. The molecule has 1 fully saturated rings. The smallest absolute Gasteiger partial charge is 0.303 e. The number of carbonyl (C=O) groups excluding carboxylic acids is 4. The highest BCUT2D eigenvalue weighted by Gasteiger charge is 2.58. The fourth-order valence-corrected chi connectivity index (χ4v) is 6.03. The van der Waals surface area contributed by atoms with E-state index in [-0.39, 0.29) is 40.4 Å². The van der Waals surface area contributed by atoms with Gasteiger partial charge in [-0.15, -0.1) is 0 Å². The predicted octanol–water partition coefficient (Wildman–Crippen LogP) is 3.61. The van der Waals surface area contributed by atoms with Gasteiger partial charge >= 0.3 is 11.9 Å². The fraction of sp³-hybridized carbons (Fsp3) is 0.667. The third kappa shape index (κ3) is 3.83. The van der Waals surface area contributed by atoms with E-state index in [2.05, 4.69) is 13.8 Å². The van der Waals surface area contributed by atoms with E-state index in [1.54, 1.807) is 6.92 Å². The van der Waals surface area contributed by atoms with Gasteiger partial charge < -0.3 is 14.6 Å². The Morgan fingerprint density at radius 1 is 1.10 bits per heavy atom. The lowest BCUT2D eigenvalue weighted by atomic mass is 9.48. The first-order valence-electron chi connectivity index (χ1n) is 10.9. The minimum Gasteiger partial charge on any atom is -0.507 e. The van der Waals surface area contributed by atoms with Crippen molar-refractivity contribution < 1.29 is 33.8 Å². The van der Waals surface area contributed by atoms with Crippen LogP contribution in [0, 0.1) is 22.7 Å². The molecule has 1 N–H and O–H groups in total. The molecule has 0 spiro atoms. The van der Waals surface area contributed by atoms with Crippen LogP contribution in [0.15, 0.2) is 22.5 Å². The van der Waals surface area contributed by atoms with E-state index in [0.29, 0.717) is 6.42 Å². The van der Waals surface area contributed by atoms with Crippen molar-refractivity contribution in [2.24, 2.45) is 22.7 Å². The first-order chi connectivity index (χ1) is 14.3. The van der Waals surface area contributed by atoms with Gasteiger partial charge in [0.15, 0.2) is 0 Å². The van der Waals surface area contributed by atoms with Crippen molar-refractivity contribution in [1.82, 2.24) is 0 Å². The molecule has 0 radical (unpaired) electrons. The lowest BCUT2D eigenvalue weighted by molar-refractivity contribution is -0.149. The highest BCUT2D eigenvalue weighted by molar-refractivity contribution is 6.50. The number of ether oxygens (including phenoxy) is 2. The molecular weight excluding hydrogens is 400 g/mol. The summed E-state index contributed by atoms with van der Waals surface area (Å²) in [7, 11) is 0. The summed E-state index contributed by atoms with van der Waals surface area (Å²) in [6, 6.07) is 0. The highest BCUT2D eigenvalue weighted by atomic mass is 16.5. The van der Waals surface area contributed by atoms with Crippen LogP contribution in [-0.2, 0) is 28.7 Å². The Kier molecular flexibility index (Phi) is 5.93. The van der Waals surface area contributed by atoms with Gasteiger partial charge in [-0.05, 0) is 30.6 Å². The minimum absolute atomic E-state index is 0.0152. The second-order valence-corrected chi connectivity index (χ2v) is 10.1. The monoisotopic (exact) mass is 432 g/mol. The van der Waals surface area contributed by atoms with Crippen molar-refractivity contribution in [3.05, 3.63) is 22.5 Å². The van der Waals surface area contributed by atoms with E-state index in [1.807, 2.05) is 6.92 Å². The Morgan fingerprint density at radius 3 is 2.32 bits per heavy atom. The topological polar surface area (TPSA) is 107 Å². The zero-order chi connectivity index (χ0) is 23.3. The highest BCUT2D eigenvalue weighted by Crippen LogP contribution is 2.61. The number of esters is 2. The van der Waals surface area contributed by atoms with E-state index in [1.165, 1.54) is 13.8 Å². The number of carbonyl (C=O) groups is 4. The quantitative estimate of drug-likeness (QED) is 0.411. The van der Waals surface area contributed by atoms with Crippen LogP contribution < -0.4 is 0 Å². The van der Waals surface area contributed by atoms with Gasteiger partial charge in [-0.1, -0.05) is 34.1 Å². The molecule has 1 saturated carbocycles. The summed E-state index contributed by atoms with van der Waals surface area (Å²) in [6.07, 6.45) is 2.25. The standard InChI is InChI=1S/C24H32O7/c1-12(11-30-13(2)25)17-20(27)18-15(31-14(3)26)10-16-23(4,5)8-7-9-24(16,6)19(18)22(29)21(17)28/h12,15-16,27H,7-11H2,1-6H3/t12-,15+,16-,24-/m0/s1. The number of hydrogen-bond acceptors (Lipinski definition) is 7. The Morgan fingerprint density at radius 2 is 1.74 bits per heavy atom. The van der Waals surface area contributed by atoms with Crippen LogP contribution in [0.5, 0.6) is 0 Å². The molecule has 0 amide bonds. The summed E-state index contributed by atoms with van der Waals surface area (Å²) in [4.78, 5) is 49.7.